The molecule has 0 spiro atoms. The molecule has 0 N–H and O–H groups in total. The lowest BCUT2D eigenvalue weighted by molar-refractivity contribution is 0.164. The molecule has 1 heterocycles. The molecule has 1 aliphatic carbocycles. The van der Waals surface area contributed by atoms with Crippen LogP contribution in [0.2, 0.25) is 0 Å². The first-order valence-electron chi connectivity index (χ1n) is 6.77. The highest BCUT2D eigenvalue weighted by Gasteiger charge is 2.28. The van der Waals surface area contributed by atoms with Crippen molar-refractivity contribution in [3.8, 4) is 11.5 Å². The maximum atomic E-state index is 6.16. The number of methoxy groups -OCH3 is 1. The first kappa shape index (κ1) is 11.6. The number of fused-ring (bicyclic) bond motifs is 4. The summed E-state index contributed by atoms with van der Waals surface area (Å²) in [4.78, 5) is 0. The minimum atomic E-state index is 0.172. The Bertz CT molecular complexity index is 464. The van der Waals surface area contributed by atoms with Crippen molar-refractivity contribution in [2.75, 3.05) is 7.11 Å². The van der Waals surface area contributed by atoms with Gasteiger partial charge in [0.1, 0.15) is 6.10 Å². The van der Waals surface area contributed by atoms with E-state index in [9.17, 15) is 0 Å². The van der Waals surface area contributed by atoms with Gasteiger partial charge in [0.15, 0.2) is 11.5 Å². The van der Waals surface area contributed by atoms with Crippen molar-refractivity contribution in [1.29, 1.82) is 0 Å². The molecule has 2 nitrogen and oxygen atoms in total. The van der Waals surface area contributed by atoms with E-state index in [2.05, 4.69) is 18.7 Å². The van der Waals surface area contributed by atoms with Crippen molar-refractivity contribution >= 4 is 0 Å². The Morgan fingerprint density at radius 2 is 2.11 bits per heavy atom. The molecule has 1 saturated carbocycles. The van der Waals surface area contributed by atoms with E-state index in [0.717, 1.165) is 36.7 Å². The maximum absolute atomic E-state index is 6.16. The molecule has 0 aromatic heterocycles. The van der Waals surface area contributed by atoms with E-state index in [4.69, 9.17) is 9.47 Å². The number of rotatable bonds is 1. The first-order chi connectivity index (χ1) is 8.76. The molecule has 2 aliphatic rings. The van der Waals surface area contributed by atoms with Crippen LogP contribution in [0.25, 0.3) is 0 Å². The van der Waals surface area contributed by atoms with Crippen molar-refractivity contribution in [1.82, 2.24) is 0 Å². The molecule has 2 heteroatoms. The van der Waals surface area contributed by atoms with Crippen LogP contribution >= 0.6 is 0 Å². The summed E-state index contributed by atoms with van der Waals surface area (Å²) in [5.74, 6) is 2.49. The van der Waals surface area contributed by atoms with E-state index in [0.29, 0.717) is 0 Å². The third-order valence-electron chi connectivity index (χ3n) is 4.21. The van der Waals surface area contributed by atoms with E-state index in [1.54, 1.807) is 7.11 Å². The highest BCUT2D eigenvalue weighted by atomic mass is 16.5. The number of ether oxygens (including phenoxy) is 2. The molecule has 0 saturated heterocycles. The zero-order valence-electron chi connectivity index (χ0n) is 10.9. The number of hydrogen-bond acceptors (Lipinski definition) is 2. The summed E-state index contributed by atoms with van der Waals surface area (Å²) in [5, 5.41) is 0. The molecule has 1 aromatic rings. The van der Waals surface area contributed by atoms with Gasteiger partial charge in [0.25, 0.3) is 0 Å². The Kier molecular flexibility index (Phi) is 3.02. The quantitative estimate of drug-likeness (QED) is 0.700. The van der Waals surface area contributed by atoms with Crippen LogP contribution in [0.3, 0.4) is 0 Å². The summed E-state index contributed by atoms with van der Waals surface area (Å²) in [6.45, 7) is 4.17. The van der Waals surface area contributed by atoms with Crippen LogP contribution in [0.15, 0.2) is 30.4 Å². The maximum Gasteiger partial charge on any atom is 0.162 e. The predicted molar refractivity (Wildman–Crippen MR) is 72.2 cm³/mol. The van der Waals surface area contributed by atoms with E-state index in [1.165, 1.54) is 24.0 Å². The van der Waals surface area contributed by atoms with Crippen molar-refractivity contribution < 1.29 is 9.47 Å². The Morgan fingerprint density at radius 1 is 1.28 bits per heavy atom. The lowest BCUT2D eigenvalue weighted by Gasteiger charge is -2.30. The lowest BCUT2D eigenvalue weighted by atomic mass is 9.81. The smallest absolute Gasteiger partial charge is 0.162 e. The minimum Gasteiger partial charge on any atom is -0.493 e. The highest BCUT2D eigenvalue weighted by molar-refractivity contribution is 5.43. The molecule has 1 fully saturated rings. The Labute approximate surface area is 109 Å². The summed E-state index contributed by atoms with van der Waals surface area (Å²) < 4.78 is 11.5. The van der Waals surface area contributed by atoms with Gasteiger partial charge in [0.2, 0.25) is 0 Å². The normalized spacial score (nSPS) is 26.6. The molecule has 2 atom stereocenters. The van der Waals surface area contributed by atoms with Gasteiger partial charge in [0.05, 0.1) is 7.11 Å². The number of benzene rings is 1. The number of hydrogen-bond donors (Lipinski definition) is 0. The predicted octanol–water partition coefficient (Wildman–Crippen LogP) is 3.75. The summed E-state index contributed by atoms with van der Waals surface area (Å²) in [6.07, 6.45) is 6.06. The van der Waals surface area contributed by atoms with Crippen molar-refractivity contribution in [3.05, 3.63) is 35.9 Å². The molecule has 3 rings (SSSR count). The average Bonchev–Trinajstić information content (AvgIpc) is 2.44. The summed E-state index contributed by atoms with van der Waals surface area (Å²) in [5.41, 5.74) is 2.59. The topological polar surface area (TPSA) is 18.5 Å². The van der Waals surface area contributed by atoms with E-state index in [1.807, 2.05) is 6.07 Å². The fourth-order valence-electron chi connectivity index (χ4n) is 3.02. The van der Waals surface area contributed by atoms with E-state index in [-0.39, 0.29) is 6.10 Å². The Balaban J connectivity index is 1.96. The molecular weight excluding hydrogens is 224 g/mol. The van der Waals surface area contributed by atoms with Crippen molar-refractivity contribution in [3.63, 3.8) is 0 Å². The second-order valence-corrected chi connectivity index (χ2v) is 5.43. The van der Waals surface area contributed by atoms with Crippen LogP contribution in [0, 0.1) is 5.92 Å². The molecule has 1 aliphatic heterocycles. The molecular formula is C16H20O2. The SMILES string of the molecule is C=C1CCC2CCc3ccc(OC)c(c3)OC1C2. The monoisotopic (exact) mass is 244 g/mol. The van der Waals surface area contributed by atoms with Gasteiger partial charge in [-0.2, -0.15) is 0 Å². The molecule has 1 aromatic carbocycles. The van der Waals surface area contributed by atoms with Crippen molar-refractivity contribution in [2.45, 2.75) is 38.2 Å². The molecule has 4 bridgehead atoms. The van der Waals surface area contributed by atoms with Crippen molar-refractivity contribution in [2.24, 2.45) is 5.92 Å². The van der Waals surface area contributed by atoms with E-state index >= 15 is 0 Å². The van der Waals surface area contributed by atoms with Crippen LogP contribution in [-0.4, -0.2) is 13.2 Å². The van der Waals surface area contributed by atoms with Gasteiger partial charge < -0.3 is 9.47 Å². The lowest BCUT2D eigenvalue weighted by Crippen LogP contribution is -2.27. The third-order valence-corrected chi connectivity index (χ3v) is 4.21. The zero-order valence-corrected chi connectivity index (χ0v) is 10.9. The number of aryl methyl sites for hydroxylation is 1. The van der Waals surface area contributed by atoms with Gasteiger partial charge in [0, 0.05) is 0 Å². The molecule has 96 valence electrons. The van der Waals surface area contributed by atoms with Gasteiger partial charge in [-0.1, -0.05) is 12.6 Å². The first-order valence-corrected chi connectivity index (χ1v) is 6.77. The Morgan fingerprint density at radius 3 is 2.94 bits per heavy atom. The summed E-state index contributed by atoms with van der Waals surface area (Å²) in [7, 11) is 1.69. The second-order valence-electron chi connectivity index (χ2n) is 5.43. The van der Waals surface area contributed by atoms with Crippen LogP contribution < -0.4 is 9.47 Å². The molecule has 2 unspecified atom stereocenters. The fourth-order valence-corrected chi connectivity index (χ4v) is 3.02. The summed E-state index contributed by atoms with van der Waals surface area (Å²) >= 11 is 0. The molecule has 18 heavy (non-hydrogen) atoms. The van der Waals surface area contributed by atoms with Crippen LogP contribution in [0.1, 0.15) is 31.2 Å². The van der Waals surface area contributed by atoms with Gasteiger partial charge in [-0.05, 0) is 61.3 Å². The molecule has 0 amide bonds. The van der Waals surface area contributed by atoms with Gasteiger partial charge in [-0.3, -0.25) is 0 Å². The largest absolute Gasteiger partial charge is 0.493 e. The van der Waals surface area contributed by atoms with Crippen LogP contribution in [-0.2, 0) is 6.42 Å². The van der Waals surface area contributed by atoms with Gasteiger partial charge >= 0.3 is 0 Å². The van der Waals surface area contributed by atoms with Gasteiger partial charge in [-0.25, -0.2) is 0 Å². The van der Waals surface area contributed by atoms with E-state index < -0.39 is 0 Å². The van der Waals surface area contributed by atoms with Crippen LogP contribution in [0.5, 0.6) is 11.5 Å². The minimum absolute atomic E-state index is 0.172. The summed E-state index contributed by atoms with van der Waals surface area (Å²) in [6, 6.07) is 6.30. The third kappa shape index (κ3) is 2.12. The molecule has 0 radical (unpaired) electrons. The average molecular weight is 244 g/mol. The van der Waals surface area contributed by atoms with Gasteiger partial charge in [-0.15, -0.1) is 0 Å². The highest BCUT2D eigenvalue weighted by Crippen LogP contribution is 2.38. The Hall–Kier alpha value is -1.44. The standard InChI is InChI=1S/C16H20O2/c1-11-3-4-12-5-6-13-7-8-14(17-2)16(10-13)18-15(11)9-12/h7-8,10,12,15H,1,3-6,9H2,2H3. The fraction of sp³-hybridized carbons (Fsp3) is 0.500. The zero-order chi connectivity index (χ0) is 12.5. The second kappa shape index (κ2) is 4.68. The van der Waals surface area contributed by atoms with Crippen LogP contribution in [0.4, 0.5) is 0 Å².